The van der Waals surface area contributed by atoms with Gasteiger partial charge in [0.15, 0.2) is 0 Å². The fourth-order valence-electron chi connectivity index (χ4n) is 3.29. The van der Waals surface area contributed by atoms with E-state index < -0.39 is 0 Å². The van der Waals surface area contributed by atoms with Crippen LogP contribution in [-0.2, 0) is 11.2 Å². The van der Waals surface area contributed by atoms with E-state index >= 15 is 0 Å². The van der Waals surface area contributed by atoms with Crippen LogP contribution in [0.3, 0.4) is 0 Å². The quantitative estimate of drug-likeness (QED) is 0.886. The van der Waals surface area contributed by atoms with Gasteiger partial charge in [0.05, 0.1) is 24.4 Å². The SMILES string of the molecule is Cc1cc(C)n(-c2ccc(CC(=O)N3CCN(CCO)CC3)cc2)n1. The summed E-state index contributed by atoms with van der Waals surface area (Å²) in [7, 11) is 0. The van der Waals surface area contributed by atoms with Gasteiger partial charge >= 0.3 is 0 Å². The number of amides is 1. The first-order valence-electron chi connectivity index (χ1n) is 8.80. The monoisotopic (exact) mass is 342 g/mol. The highest BCUT2D eigenvalue weighted by molar-refractivity contribution is 5.79. The second-order valence-corrected chi connectivity index (χ2v) is 6.63. The van der Waals surface area contributed by atoms with Crippen molar-refractivity contribution in [2.75, 3.05) is 39.3 Å². The van der Waals surface area contributed by atoms with Crippen molar-refractivity contribution >= 4 is 5.91 Å². The highest BCUT2D eigenvalue weighted by Crippen LogP contribution is 2.14. The zero-order valence-corrected chi connectivity index (χ0v) is 15.0. The molecule has 1 aromatic heterocycles. The van der Waals surface area contributed by atoms with Gasteiger partial charge in [0.1, 0.15) is 0 Å². The molecule has 0 spiro atoms. The Labute approximate surface area is 148 Å². The van der Waals surface area contributed by atoms with Crippen molar-refractivity contribution in [1.29, 1.82) is 0 Å². The molecule has 1 aliphatic heterocycles. The standard InChI is InChI=1S/C19H26N4O2/c1-15-13-16(2)23(20-15)18-5-3-17(4-6-18)14-19(25)22-9-7-21(8-10-22)11-12-24/h3-6,13,24H,7-12,14H2,1-2H3. The third-order valence-corrected chi connectivity index (χ3v) is 4.69. The lowest BCUT2D eigenvalue weighted by Gasteiger charge is -2.34. The number of aliphatic hydroxyl groups is 1. The molecule has 0 bridgehead atoms. The number of hydrogen-bond donors (Lipinski definition) is 1. The van der Waals surface area contributed by atoms with Crippen LogP contribution in [0.25, 0.3) is 5.69 Å². The van der Waals surface area contributed by atoms with Crippen LogP contribution in [0, 0.1) is 13.8 Å². The average molecular weight is 342 g/mol. The Kier molecular flexibility index (Phi) is 5.50. The summed E-state index contributed by atoms with van der Waals surface area (Å²) in [5.41, 5.74) is 4.13. The predicted octanol–water partition coefficient (Wildman–Crippen LogP) is 1.17. The lowest BCUT2D eigenvalue weighted by Crippen LogP contribution is -2.49. The van der Waals surface area contributed by atoms with Crippen molar-refractivity contribution in [2.24, 2.45) is 0 Å². The van der Waals surface area contributed by atoms with Gasteiger partial charge in [-0.05, 0) is 37.6 Å². The van der Waals surface area contributed by atoms with E-state index in [2.05, 4.69) is 10.00 Å². The largest absolute Gasteiger partial charge is 0.395 e. The summed E-state index contributed by atoms with van der Waals surface area (Å²) >= 11 is 0. The molecule has 1 aromatic carbocycles. The molecule has 0 aliphatic carbocycles. The summed E-state index contributed by atoms with van der Waals surface area (Å²) < 4.78 is 1.92. The van der Waals surface area contributed by atoms with E-state index in [1.165, 1.54) is 0 Å². The Morgan fingerprint density at radius 1 is 1.12 bits per heavy atom. The normalized spacial score (nSPS) is 15.6. The van der Waals surface area contributed by atoms with Crippen LogP contribution < -0.4 is 0 Å². The first kappa shape index (κ1) is 17.6. The van der Waals surface area contributed by atoms with Gasteiger partial charge in [0.2, 0.25) is 5.91 Å². The Bertz CT molecular complexity index is 716. The highest BCUT2D eigenvalue weighted by atomic mass is 16.3. The molecule has 2 aromatic rings. The van der Waals surface area contributed by atoms with E-state index in [-0.39, 0.29) is 12.5 Å². The molecule has 0 atom stereocenters. The van der Waals surface area contributed by atoms with E-state index in [4.69, 9.17) is 5.11 Å². The number of benzene rings is 1. The van der Waals surface area contributed by atoms with E-state index in [1.807, 2.05) is 53.8 Å². The fourth-order valence-corrected chi connectivity index (χ4v) is 3.29. The number of β-amino-alcohol motifs (C(OH)–C–C–N with tert-alkyl or cyclic N) is 1. The average Bonchev–Trinajstić information content (AvgIpc) is 2.95. The van der Waals surface area contributed by atoms with Crippen molar-refractivity contribution in [1.82, 2.24) is 19.6 Å². The third-order valence-electron chi connectivity index (χ3n) is 4.69. The molecular weight excluding hydrogens is 316 g/mol. The molecular formula is C19H26N4O2. The summed E-state index contributed by atoms with van der Waals surface area (Å²) in [6.07, 6.45) is 0.428. The minimum Gasteiger partial charge on any atom is -0.395 e. The van der Waals surface area contributed by atoms with Crippen LogP contribution in [0.4, 0.5) is 0 Å². The number of nitrogens with zero attached hydrogens (tertiary/aromatic N) is 4. The Morgan fingerprint density at radius 2 is 1.80 bits per heavy atom. The summed E-state index contributed by atoms with van der Waals surface area (Å²) in [4.78, 5) is 16.6. The van der Waals surface area contributed by atoms with Crippen LogP contribution in [0.2, 0.25) is 0 Å². The van der Waals surface area contributed by atoms with Crippen molar-refractivity contribution in [3.8, 4) is 5.69 Å². The molecule has 1 amide bonds. The lowest BCUT2D eigenvalue weighted by molar-refractivity contribution is -0.132. The molecule has 0 saturated carbocycles. The van der Waals surface area contributed by atoms with Crippen LogP contribution in [0.1, 0.15) is 17.0 Å². The van der Waals surface area contributed by atoms with E-state index in [9.17, 15) is 4.79 Å². The molecule has 1 aliphatic rings. The second-order valence-electron chi connectivity index (χ2n) is 6.63. The van der Waals surface area contributed by atoms with Crippen LogP contribution in [0.5, 0.6) is 0 Å². The number of aromatic nitrogens is 2. The van der Waals surface area contributed by atoms with Gasteiger partial charge in [-0.3, -0.25) is 9.69 Å². The van der Waals surface area contributed by atoms with Crippen LogP contribution >= 0.6 is 0 Å². The van der Waals surface area contributed by atoms with Gasteiger partial charge in [-0.25, -0.2) is 4.68 Å². The van der Waals surface area contributed by atoms with Crippen molar-refractivity contribution in [3.05, 3.63) is 47.3 Å². The third kappa shape index (κ3) is 4.27. The van der Waals surface area contributed by atoms with Gasteiger partial charge in [0.25, 0.3) is 0 Å². The minimum atomic E-state index is 0.169. The topological polar surface area (TPSA) is 61.6 Å². The van der Waals surface area contributed by atoms with Gasteiger partial charge in [0, 0.05) is 38.4 Å². The molecule has 6 nitrogen and oxygen atoms in total. The molecule has 1 saturated heterocycles. The molecule has 1 N–H and O–H groups in total. The summed E-state index contributed by atoms with van der Waals surface area (Å²) in [6.45, 7) is 8.04. The van der Waals surface area contributed by atoms with Crippen molar-refractivity contribution < 1.29 is 9.90 Å². The van der Waals surface area contributed by atoms with Gasteiger partial charge in [-0.1, -0.05) is 12.1 Å². The zero-order chi connectivity index (χ0) is 17.8. The van der Waals surface area contributed by atoms with E-state index in [1.54, 1.807) is 0 Å². The maximum atomic E-state index is 12.5. The number of piperazine rings is 1. The first-order chi connectivity index (χ1) is 12.1. The molecule has 0 unspecified atom stereocenters. The first-order valence-corrected chi connectivity index (χ1v) is 8.80. The number of carbonyl (C=O) groups excluding carboxylic acids is 1. The van der Waals surface area contributed by atoms with Crippen LogP contribution in [-0.4, -0.2) is 69.9 Å². The molecule has 0 radical (unpaired) electrons. The summed E-state index contributed by atoms with van der Waals surface area (Å²) in [5, 5.41) is 13.5. The number of carbonyl (C=O) groups is 1. The smallest absolute Gasteiger partial charge is 0.227 e. The van der Waals surface area contributed by atoms with Crippen molar-refractivity contribution in [3.63, 3.8) is 0 Å². The summed E-state index contributed by atoms with van der Waals surface area (Å²) in [6, 6.07) is 10.1. The minimum absolute atomic E-state index is 0.169. The Hall–Kier alpha value is -2.18. The van der Waals surface area contributed by atoms with E-state index in [0.29, 0.717) is 13.0 Å². The zero-order valence-electron chi connectivity index (χ0n) is 15.0. The van der Waals surface area contributed by atoms with Gasteiger partial charge in [-0.2, -0.15) is 5.10 Å². The molecule has 25 heavy (non-hydrogen) atoms. The van der Waals surface area contributed by atoms with Gasteiger partial charge < -0.3 is 10.0 Å². The maximum Gasteiger partial charge on any atom is 0.227 e. The summed E-state index contributed by atoms with van der Waals surface area (Å²) in [5.74, 6) is 0.169. The number of rotatable bonds is 5. The molecule has 1 fully saturated rings. The Morgan fingerprint density at radius 3 is 2.36 bits per heavy atom. The van der Waals surface area contributed by atoms with E-state index in [0.717, 1.165) is 48.8 Å². The number of aryl methyl sites for hydroxylation is 2. The molecule has 134 valence electrons. The molecule has 2 heterocycles. The second kappa shape index (κ2) is 7.80. The lowest BCUT2D eigenvalue weighted by atomic mass is 10.1. The maximum absolute atomic E-state index is 12.5. The fraction of sp³-hybridized carbons (Fsp3) is 0.474. The molecule has 6 heteroatoms. The van der Waals surface area contributed by atoms with Gasteiger partial charge in [-0.15, -0.1) is 0 Å². The molecule has 3 rings (SSSR count). The van der Waals surface area contributed by atoms with Crippen LogP contribution in [0.15, 0.2) is 30.3 Å². The predicted molar refractivity (Wildman–Crippen MR) is 96.8 cm³/mol. The van der Waals surface area contributed by atoms with Crippen molar-refractivity contribution in [2.45, 2.75) is 20.3 Å². The number of aliphatic hydroxyl groups excluding tert-OH is 1. The highest BCUT2D eigenvalue weighted by Gasteiger charge is 2.20. The Balaban J connectivity index is 1.58. The number of hydrogen-bond acceptors (Lipinski definition) is 4.